The number of likely N-dealkylation sites (tertiary alicyclic amines) is 1. The van der Waals surface area contributed by atoms with Gasteiger partial charge in [-0.25, -0.2) is 9.97 Å². The van der Waals surface area contributed by atoms with Crippen molar-refractivity contribution in [3.05, 3.63) is 81.6 Å². The summed E-state index contributed by atoms with van der Waals surface area (Å²) in [5, 5.41) is 26.6. The van der Waals surface area contributed by atoms with E-state index in [1.807, 2.05) is 48.7 Å². The minimum Gasteiger partial charge on any atom is -0.380 e. The van der Waals surface area contributed by atoms with E-state index in [4.69, 9.17) is 4.74 Å². The topological polar surface area (TPSA) is 133 Å². The zero-order chi connectivity index (χ0) is 30.6. The molecule has 3 atom stereocenters. The molecule has 2 aromatic heterocycles. The van der Waals surface area contributed by atoms with Crippen LogP contribution in [0.3, 0.4) is 0 Å². The van der Waals surface area contributed by atoms with Gasteiger partial charge in [-0.2, -0.15) is 0 Å². The second kappa shape index (κ2) is 13.5. The van der Waals surface area contributed by atoms with Gasteiger partial charge >= 0.3 is 0 Å². The van der Waals surface area contributed by atoms with Gasteiger partial charge in [0.15, 0.2) is 12.2 Å². The number of benzene rings is 2. The number of rotatable bonds is 10. The molecule has 2 aliphatic heterocycles. The van der Waals surface area contributed by atoms with Gasteiger partial charge in [-0.3, -0.25) is 14.5 Å². The number of aliphatic hydroxyl groups is 2. The first-order valence-electron chi connectivity index (χ1n) is 15.1. The molecule has 11 nitrogen and oxygen atoms in total. The van der Waals surface area contributed by atoms with Gasteiger partial charge in [0.2, 0.25) is 0 Å². The summed E-state index contributed by atoms with van der Waals surface area (Å²) in [6, 6.07) is 15.9. The first-order valence-corrected chi connectivity index (χ1v) is 15.9. The van der Waals surface area contributed by atoms with E-state index in [1.165, 1.54) is 11.3 Å². The summed E-state index contributed by atoms with van der Waals surface area (Å²) in [6.07, 6.45) is -2.23. The molecule has 6 rings (SSSR count). The van der Waals surface area contributed by atoms with Crippen LogP contribution in [0.4, 0.5) is 0 Å². The van der Waals surface area contributed by atoms with Crippen molar-refractivity contribution in [2.45, 2.75) is 57.6 Å². The Morgan fingerprint density at radius 2 is 1.86 bits per heavy atom. The minimum absolute atomic E-state index is 0.0768. The van der Waals surface area contributed by atoms with Crippen LogP contribution in [0.25, 0.3) is 11.0 Å². The Morgan fingerprint density at radius 3 is 2.70 bits per heavy atom. The summed E-state index contributed by atoms with van der Waals surface area (Å²) in [6.45, 7) is 7.06. The third kappa shape index (κ3) is 6.69. The molecule has 0 bridgehead atoms. The van der Waals surface area contributed by atoms with E-state index in [9.17, 15) is 19.8 Å². The maximum Gasteiger partial charge on any atom is 0.255 e. The number of thiazole rings is 1. The van der Waals surface area contributed by atoms with E-state index in [1.54, 1.807) is 4.90 Å². The van der Waals surface area contributed by atoms with Crippen molar-refractivity contribution < 1.29 is 24.5 Å². The standard InChI is InChI=1S/C32H38N6O5S/c1-21-34-25-8-2-3-9-27(25)38(21)19-24-20-44-28(35-24)17-33-31(41)29(39)30(40)32(42)37-11-5-10-26(37)23-7-4-6-22(16-23)18-36-12-14-43-15-13-36/h2-4,6-9,16,20,26,29-30,39-40H,5,10-15,17-19H2,1H3,(H,33,41)/t26?,29?,30-/m1/s1. The molecule has 2 fully saturated rings. The molecule has 44 heavy (non-hydrogen) atoms. The maximum absolute atomic E-state index is 13.3. The first kappa shape index (κ1) is 30.4. The van der Waals surface area contributed by atoms with Crippen molar-refractivity contribution in [2.75, 3.05) is 32.8 Å². The highest BCUT2D eigenvalue weighted by Gasteiger charge is 2.38. The van der Waals surface area contributed by atoms with Crippen molar-refractivity contribution in [3.8, 4) is 0 Å². The Bertz CT molecular complexity index is 1620. The van der Waals surface area contributed by atoms with Crippen LogP contribution in [0.2, 0.25) is 0 Å². The number of aliphatic hydroxyl groups excluding tert-OH is 2. The number of aryl methyl sites for hydroxylation is 1. The van der Waals surface area contributed by atoms with Crippen LogP contribution >= 0.6 is 11.3 Å². The number of aromatic nitrogens is 3. The summed E-state index contributed by atoms with van der Waals surface area (Å²) in [4.78, 5) is 39.2. The van der Waals surface area contributed by atoms with Crippen molar-refractivity contribution in [2.24, 2.45) is 0 Å². The van der Waals surface area contributed by atoms with Crippen LogP contribution in [0.1, 0.15) is 46.5 Å². The number of nitrogens with one attached hydrogen (secondary N) is 1. The van der Waals surface area contributed by atoms with Crippen molar-refractivity contribution in [1.29, 1.82) is 0 Å². The Morgan fingerprint density at radius 1 is 1.05 bits per heavy atom. The molecule has 4 heterocycles. The van der Waals surface area contributed by atoms with Crippen molar-refractivity contribution in [3.63, 3.8) is 0 Å². The molecular formula is C32H38N6O5S. The van der Waals surface area contributed by atoms with Gasteiger partial charge in [-0.1, -0.05) is 36.4 Å². The van der Waals surface area contributed by atoms with E-state index in [0.29, 0.717) is 18.1 Å². The van der Waals surface area contributed by atoms with E-state index in [-0.39, 0.29) is 12.6 Å². The number of fused-ring (bicyclic) bond motifs is 1. The normalized spacial score (nSPS) is 18.9. The van der Waals surface area contributed by atoms with E-state index in [0.717, 1.165) is 79.4 Å². The number of amides is 2. The molecular weight excluding hydrogens is 580 g/mol. The fourth-order valence-electron chi connectivity index (χ4n) is 6.07. The third-order valence-corrected chi connectivity index (χ3v) is 9.28. The maximum atomic E-state index is 13.3. The summed E-state index contributed by atoms with van der Waals surface area (Å²) < 4.78 is 7.54. The molecule has 2 saturated heterocycles. The Hall–Kier alpha value is -3.68. The second-order valence-electron chi connectivity index (χ2n) is 11.4. The molecule has 2 aromatic carbocycles. The summed E-state index contributed by atoms with van der Waals surface area (Å²) in [7, 11) is 0. The smallest absolute Gasteiger partial charge is 0.255 e. The van der Waals surface area contributed by atoms with Crippen LogP contribution in [-0.4, -0.2) is 91.4 Å². The number of morpholine rings is 1. The lowest BCUT2D eigenvalue weighted by molar-refractivity contribution is -0.153. The number of nitrogens with zero attached hydrogens (tertiary/aromatic N) is 5. The number of carbonyl (C=O) groups is 2. The Kier molecular flexibility index (Phi) is 9.33. The number of ether oxygens (including phenoxy) is 1. The molecule has 4 aromatic rings. The van der Waals surface area contributed by atoms with Crippen molar-refractivity contribution in [1.82, 2.24) is 29.7 Å². The number of imidazole rings is 1. The molecule has 2 unspecified atom stereocenters. The van der Waals surface area contributed by atoms with Crippen LogP contribution in [0, 0.1) is 6.92 Å². The van der Waals surface area contributed by atoms with Crippen LogP contribution in [0.15, 0.2) is 53.9 Å². The molecule has 232 valence electrons. The lowest BCUT2D eigenvalue weighted by Crippen LogP contribution is -2.50. The van der Waals surface area contributed by atoms with Crippen LogP contribution in [0.5, 0.6) is 0 Å². The average molecular weight is 619 g/mol. The van der Waals surface area contributed by atoms with Gasteiger partial charge in [0.05, 0.1) is 49.1 Å². The Balaban J connectivity index is 1.04. The minimum atomic E-state index is -1.89. The van der Waals surface area contributed by atoms with Gasteiger partial charge < -0.3 is 29.7 Å². The van der Waals surface area contributed by atoms with Gasteiger partial charge in [-0.15, -0.1) is 11.3 Å². The largest absolute Gasteiger partial charge is 0.380 e. The van der Waals surface area contributed by atoms with E-state index >= 15 is 0 Å². The van der Waals surface area contributed by atoms with Crippen LogP contribution in [-0.2, 0) is 34.0 Å². The predicted octanol–water partition coefficient (Wildman–Crippen LogP) is 2.38. The second-order valence-corrected chi connectivity index (χ2v) is 12.3. The van der Waals surface area contributed by atoms with Crippen LogP contribution < -0.4 is 5.32 Å². The highest BCUT2D eigenvalue weighted by atomic mass is 32.1. The lowest BCUT2D eigenvalue weighted by Gasteiger charge is -2.29. The number of hydrogen-bond acceptors (Lipinski definition) is 9. The van der Waals surface area contributed by atoms with Gasteiger partial charge in [-0.05, 0) is 43.0 Å². The molecule has 2 aliphatic rings. The molecule has 12 heteroatoms. The number of carbonyl (C=O) groups excluding carboxylic acids is 2. The monoisotopic (exact) mass is 618 g/mol. The summed E-state index contributed by atoms with van der Waals surface area (Å²) in [5.74, 6) is -0.577. The van der Waals surface area contributed by atoms with Gasteiger partial charge in [0.1, 0.15) is 10.8 Å². The molecule has 2 amide bonds. The lowest BCUT2D eigenvalue weighted by atomic mass is 10.0. The zero-order valence-corrected chi connectivity index (χ0v) is 25.6. The molecule has 0 radical (unpaired) electrons. The number of para-hydroxylation sites is 2. The van der Waals surface area contributed by atoms with Crippen molar-refractivity contribution >= 4 is 34.2 Å². The predicted molar refractivity (Wildman–Crippen MR) is 166 cm³/mol. The summed E-state index contributed by atoms with van der Waals surface area (Å²) >= 11 is 1.39. The van der Waals surface area contributed by atoms with E-state index < -0.39 is 24.0 Å². The van der Waals surface area contributed by atoms with E-state index in [2.05, 4.69) is 36.9 Å². The first-order chi connectivity index (χ1) is 21.4. The summed E-state index contributed by atoms with van der Waals surface area (Å²) in [5.41, 5.74) is 4.92. The zero-order valence-electron chi connectivity index (χ0n) is 24.8. The average Bonchev–Trinajstić information content (AvgIpc) is 3.79. The Labute approximate surface area is 260 Å². The highest BCUT2D eigenvalue weighted by Crippen LogP contribution is 2.33. The SMILES string of the molecule is Cc1nc2ccccc2n1Cc1csc(CNC(=O)C(O)[C@@H](O)C(=O)N2CCCC2c2cccc(CN3CCOCC3)c2)n1. The molecule has 0 spiro atoms. The third-order valence-electron chi connectivity index (χ3n) is 8.38. The number of hydrogen-bond donors (Lipinski definition) is 3. The molecule has 3 N–H and O–H groups in total. The quantitative estimate of drug-likeness (QED) is 0.247. The van der Waals surface area contributed by atoms with Gasteiger partial charge in [0.25, 0.3) is 11.8 Å². The molecule has 0 saturated carbocycles. The molecule has 0 aliphatic carbocycles. The fraction of sp³-hybridized carbons (Fsp3) is 0.438. The highest BCUT2D eigenvalue weighted by molar-refractivity contribution is 7.09. The van der Waals surface area contributed by atoms with Gasteiger partial charge in [0, 0.05) is 31.6 Å². The fourth-order valence-corrected chi connectivity index (χ4v) is 6.79.